The first-order valence-electron chi connectivity index (χ1n) is 3.93. The molecule has 0 aromatic rings. The highest BCUT2D eigenvalue weighted by atomic mass is 127. The van der Waals surface area contributed by atoms with Gasteiger partial charge in [0.2, 0.25) is 0 Å². The molecule has 0 amide bonds. The van der Waals surface area contributed by atoms with Gasteiger partial charge < -0.3 is 15.5 Å². The molecule has 3 N–H and O–H groups in total. The van der Waals surface area contributed by atoms with E-state index in [1.807, 2.05) is 29.5 Å². The van der Waals surface area contributed by atoms with Crippen molar-refractivity contribution in [3.05, 3.63) is 10.4 Å². The molecule has 5 nitrogen and oxygen atoms in total. The zero-order chi connectivity index (χ0) is 9.30. The van der Waals surface area contributed by atoms with Crippen LogP contribution in [0.3, 0.4) is 0 Å². The van der Waals surface area contributed by atoms with Crippen LogP contribution in [0.5, 0.6) is 0 Å². The molecule has 1 heterocycles. The van der Waals surface area contributed by atoms with Gasteiger partial charge in [-0.25, -0.2) is 10.4 Å². The third-order valence-corrected chi connectivity index (χ3v) is 4.25. The van der Waals surface area contributed by atoms with E-state index in [1.54, 1.807) is 0 Å². The summed E-state index contributed by atoms with van der Waals surface area (Å²) in [4.78, 5) is 0. The summed E-state index contributed by atoms with van der Waals surface area (Å²) >= 11 is 2.04. The summed E-state index contributed by atoms with van der Waals surface area (Å²) in [6.45, 7) is 2.27. The van der Waals surface area contributed by atoms with Crippen molar-refractivity contribution in [1.29, 1.82) is 0 Å². The second-order valence-electron chi connectivity index (χ2n) is 3.21. The van der Waals surface area contributed by atoms with Crippen LogP contribution in [0.2, 0.25) is 0 Å². The average Bonchev–Trinajstić information content (AvgIpc) is 2.00. The lowest BCUT2D eigenvalue weighted by molar-refractivity contribution is -1.08. The van der Waals surface area contributed by atoms with Gasteiger partial charge in [0.25, 0.3) is 0 Å². The third-order valence-electron chi connectivity index (χ3n) is 2.42. The topological polar surface area (TPSA) is 75.2 Å². The zero-order valence-corrected chi connectivity index (χ0v) is 8.95. The maximum Gasteiger partial charge on any atom is 0.146 e. The molecule has 0 aromatic carbocycles. The summed E-state index contributed by atoms with van der Waals surface area (Å²) in [6, 6.07) is -0.329. The van der Waals surface area contributed by atoms with Crippen LogP contribution >= 0.6 is 22.6 Å². The number of alkyl halides is 1. The first-order chi connectivity index (χ1) is 5.54. The third kappa shape index (κ3) is 2.06. The van der Waals surface area contributed by atoms with Gasteiger partial charge in [0.05, 0.1) is 18.9 Å². The molecule has 0 aromatic heterocycles. The van der Waals surface area contributed by atoms with Crippen LogP contribution in [0, 0.1) is 16.3 Å². The highest BCUT2D eigenvalue weighted by molar-refractivity contribution is 14.1. The van der Waals surface area contributed by atoms with E-state index in [-0.39, 0.29) is 21.1 Å². The monoisotopic (exact) mass is 288 g/mol. The van der Waals surface area contributed by atoms with Crippen molar-refractivity contribution in [3.8, 4) is 0 Å². The predicted molar refractivity (Wildman–Crippen MR) is 50.7 cm³/mol. The van der Waals surface area contributed by atoms with Crippen molar-refractivity contribution >= 4 is 22.6 Å². The average molecular weight is 288 g/mol. The minimum absolute atomic E-state index is 0.0238. The Morgan fingerprint density at radius 1 is 1.67 bits per heavy atom. The van der Waals surface area contributed by atoms with Crippen molar-refractivity contribution in [3.63, 3.8) is 0 Å². The minimum atomic E-state index is -0.767. The summed E-state index contributed by atoms with van der Waals surface area (Å²) in [5.41, 5.74) is 0. The quantitative estimate of drug-likeness (QED) is 0.177. The SMILES string of the molecule is CC1C([NH+]([O-])O)CC[NH+]([O-])C1I. The number of quaternary nitrogens is 2. The number of rotatable bonds is 1. The number of nitrogens with one attached hydrogen (secondary N) is 2. The molecule has 72 valence electrons. The fourth-order valence-corrected chi connectivity index (χ4v) is 2.36. The molecule has 0 aliphatic carbocycles. The van der Waals surface area contributed by atoms with Crippen LogP contribution < -0.4 is 10.3 Å². The van der Waals surface area contributed by atoms with E-state index in [0.29, 0.717) is 13.0 Å². The second-order valence-corrected chi connectivity index (χ2v) is 4.55. The molecule has 1 aliphatic rings. The number of hydrogen-bond donors (Lipinski definition) is 3. The van der Waals surface area contributed by atoms with E-state index < -0.39 is 5.23 Å². The highest BCUT2D eigenvalue weighted by Gasteiger charge is 2.37. The molecule has 0 saturated carbocycles. The van der Waals surface area contributed by atoms with E-state index in [1.165, 1.54) is 0 Å². The van der Waals surface area contributed by atoms with Crippen LogP contribution in [-0.2, 0) is 0 Å². The fourth-order valence-electron chi connectivity index (χ4n) is 1.54. The van der Waals surface area contributed by atoms with Gasteiger partial charge in [-0.2, -0.15) is 0 Å². The summed E-state index contributed by atoms with van der Waals surface area (Å²) in [6.07, 6.45) is 0.509. The molecule has 5 atom stereocenters. The highest BCUT2D eigenvalue weighted by Crippen LogP contribution is 2.15. The molecule has 1 saturated heterocycles. The van der Waals surface area contributed by atoms with Crippen molar-refractivity contribution in [2.24, 2.45) is 5.92 Å². The Labute approximate surface area is 84.6 Å². The van der Waals surface area contributed by atoms with Gasteiger partial charge in [0, 0.05) is 0 Å². The van der Waals surface area contributed by atoms with Crippen LogP contribution in [0.1, 0.15) is 13.3 Å². The minimum Gasteiger partial charge on any atom is -0.634 e. The summed E-state index contributed by atoms with van der Waals surface area (Å²) < 4.78 is -0.113. The van der Waals surface area contributed by atoms with E-state index in [9.17, 15) is 10.4 Å². The summed E-state index contributed by atoms with van der Waals surface area (Å²) in [7, 11) is 0. The molecular weight excluding hydrogens is 275 g/mol. The lowest BCUT2D eigenvalue weighted by Crippen LogP contribution is -3.18. The molecule has 6 heteroatoms. The van der Waals surface area contributed by atoms with E-state index in [2.05, 4.69) is 0 Å². The Bertz CT molecular complexity index is 158. The molecule has 1 rings (SSSR count). The van der Waals surface area contributed by atoms with Gasteiger partial charge in [-0.1, -0.05) is 6.92 Å². The Morgan fingerprint density at radius 3 is 2.75 bits per heavy atom. The Hall–Kier alpha value is 0.530. The molecule has 0 radical (unpaired) electrons. The normalized spacial score (nSPS) is 45.8. The number of piperidine rings is 1. The van der Waals surface area contributed by atoms with Crippen molar-refractivity contribution in [1.82, 2.24) is 0 Å². The van der Waals surface area contributed by atoms with E-state index in [4.69, 9.17) is 5.21 Å². The van der Waals surface area contributed by atoms with Gasteiger partial charge >= 0.3 is 0 Å². The largest absolute Gasteiger partial charge is 0.634 e. The van der Waals surface area contributed by atoms with Gasteiger partial charge in [-0.15, -0.1) is 0 Å². The lowest BCUT2D eigenvalue weighted by Gasteiger charge is -2.41. The molecule has 1 aliphatic heterocycles. The van der Waals surface area contributed by atoms with Crippen molar-refractivity contribution in [2.45, 2.75) is 23.4 Å². The molecular formula is C6H13IN2O3. The van der Waals surface area contributed by atoms with Gasteiger partial charge in [0.15, 0.2) is 0 Å². The van der Waals surface area contributed by atoms with Crippen molar-refractivity contribution in [2.75, 3.05) is 6.54 Å². The van der Waals surface area contributed by atoms with E-state index in [0.717, 1.165) is 0 Å². The zero-order valence-electron chi connectivity index (χ0n) is 6.79. The van der Waals surface area contributed by atoms with Crippen molar-refractivity contribution < 1.29 is 15.5 Å². The van der Waals surface area contributed by atoms with Crippen LogP contribution in [0.4, 0.5) is 0 Å². The first kappa shape index (κ1) is 10.6. The smallest absolute Gasteiger partial charge is 0.146 e. The number of halogens is 1. The Kier molecular flexibility index (Phi) is 3.68. The maximum atomic E-state index is 11.2. The summed E-state index contributed by atoms with van der Waals surface area (Å²) in [5, 5.41) is 30.1. The molecule has 0 bridgehead atoms. The van der Waals surface area contributed by atoms with Gasteiger partial charge in [-0.3, -0.25) is 0 Å². The standard InChI is InChI=1S/C6H13IN2O3/c1-4-5(9(11)12)2-3-8(10)6(4)7/h4-6,8-9,11H,2-3H2,1H3. The Balaban J connectivity index is 2.58. The van der Waals surface area contributed by atoms with Gasteiger partial charge in [-0.05, 0) is 22.6 Å². The van der Waals surface area contributed by atoms with Crippen LogP contribution in [0.25, 0.3) is 0 Å². The summed E-state index contributed by atoms with van der Waals surface area (Å²) in [5.74, 6) is -0.0238. The molecule has 12 heavy (non-hydrogen) atoms. The molecule has 0 spiro atoms. The number of hydroxylamine groups is 4. The van der Waals surface area contributed by atoms with Gasteiger partial charge in [0.1, 0.15) is 10.1 Å². The van der Waals surface area contributed by atoms with Crippen LogP contribution in [0.15, 0.2) is 0 Å². The predicted octanol–water partition coefficient (Wildman–Crippen LogP) is -1.69. The number of hydrogen-bond acceptors (Lipinski definition) is 3. The van der Waals surface area contributed by atoms with Crippen LogP contribution in [-0.4, -0.2) is 21.8 Å². The molecule has 1 fully saturated rings. The first-order valence-corrected chi connectivity index (χ1v) is 5.18. The van der Waals surface area contributed by atoms with E-state index >= 15 is 0 Å². The fraction of sp³-hybridized carbons (Fsp3) is 1.00. The molecule has 5 unspecified atom stereocenters. The maximum absolute atomic E-state index is 11.2. The lowest BCUT2D eigenvalue weighted by atomic mass is 9.96. The Morgan fingerprint density at radius 2 is 2.25 bits per heavy atom. The second kappa shape index (κ2) is 4.16.